The van der Waals surface area contributed by atoms with Crippen LogP contribution in [-0.4, -0.2) is 50.7 Å². The van der Waals surface area contributed by atoms with E-state index in [1.54, 1.807) is 18.7 Å². The highest BCUT2D eigenvalue weighted by atomic mass is 32.2. The van der Waals surface area contributed by atoms with E-state index in [1.807, 2.05) is 30.3 Å². The van der Waals surface area contributed by atoms with Gasteiger partial charge in [0.1, 0.15) is 0 Å². The summed E-state index contributed by atoms with van der Waals surface area (Å²) in [6.45, 7) is 4.51. The minimum Gasteiger partial charge on any atom is -0.388 e. The summed E-state index contributed by atoms with van der Waals surface area (Å²) in [5.41, 5.74) is 0.142. The first kappa shape index (κ1) is 17.9. The summed E-state index contributed by atoms with van der Waals surface area (Å²) < 4.78 is 12.0. The highest BCUT2D eigenvalue weighted by Crippen LogP contribution is 2.26. The summed E-state index contributed by atoms with van der Waals surface area (Å²) in [6.07, 6.45) is 1.72. The summed E-state index contributed by atoms with van der Waals surface area (Å²) in [5, 5.41) is 13.0. The van der Waals surface area contributed by atoms with E-state index in [9.17, 15) is 14.1 Å². The first-order valence-electron chi connectivity index (χ1n) is 8.03. The van der Waals surface area contributed by atoms with Gasteiger partial charge < -0.3 is 15.3 Å². The smallest absolute Gasteiger partial charge is 0.317 e. The Morgan fingerprint density at radius 1 is 1.39 bits per heavy atom. The van der Waals surface area contributed by atoms with Crippen LogP contribution in [0.2, 0.25) is 0 Å². The lowest BCUT2D eigenvalue weighted by Gasteiger charge is -2.33. The number of nitrogens with zero attached hydrogens (tertiary/aromatic N) is 1. The van der Waals surface area contributed by atoms with Crippen molar-refractivity contribution in [3.63, 3.8) is 0 Å². The molecule has 2 atom stereocenters. The molecule has 2 unspecified atom stereocenters. The zero-order valence-corrected chi connectivity index (χ0v) is 14.6. The van der Waals surface area contributed by atoms with Crippen LogP contribution >= 0.6 is 0 Å². The number of likely N-dealkylation sites (tertiary alicyclic amines) is 1. The molecule has 128 valence electrons. The van der Waals surface area contributed by atoms with Gasteiger partial charge in [-0.1, -0.05) is 30.3 Å². The molecule has 0 aliphatic carbocycles. The van der Waals surface area contributed by atoms with Crippen molar-refractivity contribution < 1.29 is 14.1 Å². The van der Waals surface area contributed by atoms with E-state index in [4.69, 9.17) is 0 Å². The second-order valence-corrected chi connectivity index (χ2v) is 8.09. The van der Waals surface area contributed by atoms with E-state index in [1.165, 1.54) is 0 Å². The molecule has 0 spiro atoms. The van der Waals surface area contributed by atoms with Gasteiger partial charge in [0, 0.05) is 35.4 Å². The van der Waals surface area contributed by atoms with E-state index < -0.39 is 16.4 Å². The highest BCUT2D eigenvalue weighted by Gasteiger charge is 2.38. The minimum absolute atomic E-state index is 0.155. The lowest BCUT2D eigenvalue weighted by atomic mass is 9.97. The molecule has 23 heavy (non-hydrogen) atoms. The standard InChI is InChI=1S/C17H26N2O3S/c1-17(2,21)15-9-6-11-19(15)16(20)18-10-12-23(22)13-14-7-4-3-5-8-14/h3-5,7-8,15,21H,6,9-13H2,1-2H3,(H,18,20). The first-order chi connectivity index (χ1) is 10.9. The number of amides is 2. The highest BCUT2D eigenvalue weighted by molar-refractivity contribution is 7.84. The maximum atomic E-state index is 12.2. The monoisotopic (exact) mass is 338 g/mol. The predicted octanol–water partition coefficient (Wildman–Crippen LogP) is 1.88. The average molecular weight is 338 g/mol. The van der Waals surface area contributed by atoms with Gasteiger partial charge in [0.15, 0.2) is 0 Å². The molecule has 1 aromatic carbocycles. The third kappa shape index (κ3) is 5.32. The molecule has 1 heterocycles. The number of hydrogen-bond donors (Lipinski definition) is 2. The van der Waals surface area contributed by atoms with Gasteiger partial charge in [-0.05, 0) is 32.3 Å². The Bertz CT molecular complexity index is 543. The number of rotatable bonds is 6. The van der Waals surface area contributed by atoms with Gasteiger partial charge in [0.25, 0.3) is 0 Å². The summed E-state index contributed by atoms with van der Waals surface area (Å²) >= 11 is 0. The first-order valence-corrected chi connectivity index (χ1v) is 9.52. The molecule has 1 aliphatic heterocycles. The average Bonchev–Trinajstić information content (AvgIpc) is 2.98. The van der Waals surface area contributed by atoms with Crippen LogP contribution in [0.15, 0.2) is 30.3 Å². The Kier molecular flexibility index (Phi) is 6.18. The third-order valence-electron chi connectivity index (χ3n) is 4.11. The molecule has 5 nitrogen and oxygen atoms in total. The molecule has 2 rings (SSSR count). The number of aliphatic hydroxyl groups is 1. The molecule has 1 fully saturated rings. The van der Waals surface area contributed by atoms with Gasteiger partial charge in [-0.25, -0.2) is 4.79 Å². The SMILES string of the molecule is CC(C)(O)C1CCCN1C(=O)NCCS(=O)Cc1ccccc1. The Balaban J connectivity index is 1.75. The number of benzene rings is 1. The van der Waals surface area contributed by atoms with E-state index in [0.717, 1.165) is 18.4 Å². The zero-order chi connectivity index (χ0) is 16.9. The fraction of sp³-hybridized carbons (Fsp3) is 0.588. The molecule has 1 aromatic rings. The largest absolute Gasteiger partial charge is 0.388 e. The maximum absolute atomic E-state index is 12.2. The number of nitrogens with one attached hydrogen (secondary N) is 1. The lowest BCUT2D eigenvalue weighted by molar-refractivity contribution is 0.00991. The summed E-state index contributed by atoms with van der Waals surface area (Å²) in [7, 11) is -0.997. The lowest BCUT2D eigenvalue weighted by Crippen LogP contribution is -2.51. The number of hydrogen-bond acceptors (Lipinski definition) is 3. The van der Waals surface area contributed by atoms with Crippen molar-refractivity contribution >= 4 is 16.8 Å². The van der Waals surface area contributed by atoms with Crippen LogP contribution in [0.1, 0.15) is 32.3 Å². The van der Waals surface area contributed by atoms with Crippen LogP contribution < -0.4 is 5.32 Å². The third-order valence-corrected chi connectivity index (χ3v) is 5.42. The quantitative estimate of drug-likeness (QED) is 0.832. The number of urea groups is 1. The van der Waals surface area contributed by atoms with Crippen LogP contribution in [0.4, 0.5) is 4.79 Å². The van der Waals surface area contributed by atoms with Crippen LogP contribution in [0.5, 0.6) is 0 Å². The van der Waals surface area contributed by atoms with Crippen molar-refractivity contribution in [3.8, 4) is 0 Å². The molecule has 6 heteroatoms. The summed E-state index contributed by atoms with van der Waals surface area (Å²) in [5.74, 6) is 0.939. The van der Waals surface area contributed by atoms with Crippen LogP contribution in [-0.2, 0) is 16.6 Å². The van der Waals surface area contributed by atoms with Gasteiger partial charge >= 0.3 is 6.03 Å². The van der Waals surface area contributed by atoms with Gasteiger partial charge in [0.05, 0.1) is 11.6 Å². The maximum Gasteiger partial charge on any atom is 0.317 e. The van der Waals surface area contributed by atoms with Gasteiger partial charge in [-0.2, -0.15) is 0 Å². The van der Waals surface area contributed by atoms with E-state index >= 15 is 0 Å². The molecule has 0 bridgehead atoms. The normalized spacial score (nSPS) is 19.6. The summed E-state index contributed by atoms with van der Waals surface area (Å²) in [4.78, 5) is 13.9. The Morgan fingerprint density at radius 3 is 2.74 bits per heavy atom. The van der Waals surface area contributed by atoms with Crippen molar-refractivity contribution in [2.24, 2.45) is 0 Å². The molecule has 2 amide bonds. The molecule has 0 radical (unpaired) electrons. The molecule has 0 saturated carbocycles. The molecular formula is C17H26N2O3S. The van der Waals surface area contributed by atoms with Gasteiger partial charge in [-0.3, -0.25) is 4.21 Å². The summed E-state index contributed by atoms with van der Waals surface area (Å²) in [6, 6.07) is 9.37. The minimum atomic E-state index is -0.997. The van der Waals surface area contributed by atoms with Gasteiger partial charge in [0.2, 0.25) is 0 Å². The Labute approximate surface area is 140 Å². The van der Waals surface area contributed by atoms with Crippen LogP contribution in [0.25, 0.3) is 0 Å². The fourth-order valence-electron chi connectivity index (χ4n) is 2.95. The van der Waals surface area contributed by atoms with E-state index in [0.29, 0.717) is 24.6 Å². The molecule has 1 saturated heterocycles. The van der Waals surface area contributed by atoms with Crippen molar-refractivity contribution in [2.45, 2.75) is 44.1 Å². The topological polar surface area (TPSA) is 69.6 Å². The van der Waals surface area contributed by atoms with Crippen LogP contribution in [0, 0.1) is 0 Å². The van der Waals surface area contributed by atoms with E-state index in [2.05, 4.69) is 5.32 Å². The van der Waals surface area contributed by atoms with Crippen molar-refractivity contribution in [1.29, 1.82) is 0 Å². The molecule has 0 aromatic heterocycles. The molecule has 1 aliphatic rings. The Morgan fingerprint density at radius 2 is 2.09 bits per heavy atom. The zero-order valence-electron chi connectivity index (χ0n) is 13.8. The fourth-order valence-corrected chi connectivity index (χ4v) is 3.99. The number of carbonyl (C=O) groups is 1. The second-order valence-electron chi connectivity index (χ2n) is 6.51. The number of carbonyl (C=O) groups excluding carboxylic acids is 1. The van der Waals surface area contributed by atoms with Gasteiger partial charge in [-0.15, -0.1) is 0 Å². The predicted molar refractivity (Wildman–Crippen MR) is 92.6 cm³/mol. The van der Waals surface area contributed by atoms with Crippen LogP contribution in [0.3, 0.4) is 0 Å². The second kappa shape index (κ2) is 7.93. The Hall–Kier alpha value is -1.40. The van der Waals surface area contributed by atoms with E-state index in [-0.39, 0.29) is 12.1 Å². The van der Waals surface area contributed by atoms with Crippen molar-refractivity contribution in [2.75, 3.05) is 18.8 Å². The van der Waals surface area contributed by atoms with Crippen molar-refractivity contribution in [3.05, 3.63) is 35.9 Å². The molecule has 2 N–H and O–H groups in total. The molecular weight excluding hydrogens is 312 g/mol. The van der Waals surface area contributed by atoms with Crippen molar-refractivity contribution in [1.82, 2.24) is 10.2 Å².